The Morgan fingerprint density at radius 2 is 1.76 bits per heavy atom. The van der Waals surface area contributed by atoms with Gasteiger partial charge in [-0.05, 0) is 17.3 Å². The Morgan fingerprint density at radius 3 is 2.57 bits per heavy atom. The van der Waals surface area contributed by atoms with Gasteiger partial charge in [0.2, 0.25) is 0 Å². The first-order valence-corrected chi connectivity index (χ1v) is 6.79. The van der Waals surface area contributed by atoms with E-state index in [4.69, 9.17) is 0 Å². The molecule has 96 valence electrons. The third-order valence-electron chi connectivity index (χ3n) is 3.07. The van der Waals surface area contributed by atoms with E-state index in [0.29, 0.717) is 10.2 Å². The van der Waals surface area contributed by atoms with Gasteiger partial charge in [0.1, 0.15) is 10.3 Å². The van der Waals surface area contributed by atoms with Gasteiger partial charge >= 0.3 is 29.6 Å². The monoisotopic (exact) mass is 302 g/mol. The first-order valence-electron chi connectivity index (χ1n) is 5.98. The van der Waals surface area contributed by atoms with Crippen LogP contribution in [0.25, 0.3) is 31.7 Å². The average molecular weight is 302 g/mol. The maximum atomic E-state index is 11.7. The second-order valence-electron chi connectivity index (χ2n) is 4.29. The van der Waals surface area contributed by atoms with E-state index in [0.717, 1.165) is 21.5 Å². The summed E-state index contributed by atoms with van der Waals surface area (Å²) < 4.78 is 0.507. The van der Waals surface area contributed by atoms with E-state index in [1.54, 1.807) is 0 Å². The summed E-state index contributed by atoms with van der Waals surface area (Å²) in [7, 11) is 0. The Kier molecular flexibility index (Phi) is 3.86. The van der Waals surface area contributed by atoms with E-state index in [2.05, 4.69) is 20.4 Å². The third-order valence-corrected chi connectivity index (χ3v) is 4.15. The van der Waals surface area contributed by atoms with Crippen molar-refractivity contribution < 1.29 is 34.7 Å². The van der Waals surface area contributed by atoms with Crippen molar-refractivity contribution >= 4 is 31.8 Å². The molecular weight excluding hydrogens is 295 g/mol. The zero-order chi connectivity index (χ0) is 13.5. The second-order valence-corrected chi connectivity index (χ2v) is 5.29. The van der Waals surface area contributed by atoms with Crippen molar-refractivity contribution in [3.63, 3.8) is 0 Å². The summed E-state index contributed by atoms with van der Waals surface area (Å²) in [5, 5.41) is 23.4. The fraction of sp³-hybridized carbons (Fsp3) is 0. The van der Waals surface area contributed by atoms with Crippen LogP contribution in [-0.4, -0.2) is 20.4 Å². The molecule has 0 spiro atoms. The molecule has 0 saturated heterocycles. The minimum absolute atomic E-state index is 0. The number of thiophene rings is 1. The van der Waals surface area contributed by atoms with Crippen molar-refractivity contribution in [1.82, 2.24) is 20.4 Å². The van der Waals surface area contributed by atoms with Crippen molar-refractivity contribution in [2.45, 2.75) is 0 Å². The quantitative estimate of drug-likeness (QED) is 0.438. The first kappa shape index (κ1) is 14.3. The van der Waals surface area contributed by atoms with E-state index in [9.17, 15) is 5.11 Å². The molecule has 0 N–H and O–H groups in total. The predicted octanol–water partition coefficient (Wildman–Crippen LogP) is -0.621. The van der Waals surface area contributed by atoms with Gasteiger partial charge in [0.25, 0.3) is 0 Å². The van der Waals surface area contributed by atoms with Gasteiger partial charge in [-0.2, -0.15) is 0 Å². The Balaban J connectivity index is 0.00000132. The van der Waals surface area contributed by atoms with E-state index in [1.165, 1.54) is 11.3 Å². The molecule has 0 unspecified atom stereocenters. The molecule has 0 aliphatic rings. The third kappa shape index (κ3) is 2.40. The minimum atomic E-state index is -0.348. The Bertz CT molecular complexity index is 926. The van der Waals surface area contributed by atoms with Gasteiger partial charge in [-0.3, -0.25) is 0 Å². The normalized spacial score (nSPS) is 10.7. The Hall–Kier alpha value is -1.60. The van der Waals surface area contributed by atoms with Crippen LogP contribution in [-0.2, 0) is 0 Å². The molecule has 3 aromatic heterocycles. The molecule has 4 rings (SSSR count). The van der Waals surface area contributed by atoms with Crippen LogP contribution in [0, 0.1) is 0 Å². The van der Waals surface area contributed by atoms with Crippen molar-refractivity contribution in [1.29, 1.82) is 0 Å². The molecule has 0 atom stereocenters. The number of benzene rings is 1. The van der Waals surface area contributed by atoms with Crippen molar-refractivity contribution in [2.24, 2.45) is 0 Å². The summed E-state index contributed by atoms with van der Waals surface area (Å²) in [5.41, 5.74) is 2.49. The maximum absolute atomic E-state index is 11.7. The number of fused-ring (bicyclic) bond motifs is 3. The standard InChI is InChI=1S/C14H8N4OS.Na/c19-13-12-11(16-18-17-13)9-6-7-10(15-14(9)20-12)8-4-2-1-3-5-8;/h1-7H,(H,16,17,19);/q;+1/p-1. The first-order chi connectivity index (χ1) is 9.83. The minimum Gasteiger partial charge on any atom is -0.856 e. The van der Waals surface area contributed by atoms with Gasteiger partial charge in [0, 0.05) is 16.8 Å². The predicted molar refractivity (Wildman–Crippen MR) is 75.4 cm³/mol. The van der Waals surface area contributed by atoms with E-state index in [1.807, 2.05) is 42.5 Å². The summed E-state index contributed by atoms with van der Waals surface area (Å²) in [6, 6.07) is 13.8. The molecule has 0 amide bonds. The molecule has 0 bridgehead atoms. The van der Waals surface area contributed by atoms with Crippen LogP contribution in [0.2, 0.25) is 0 Å². The number of hydrogen-bond acceptors (Lipinski definition) is 6. The van der Waals surface area contributed by atoms with Gasteiger partial charge in [0.15, 0.2) is 0 Å². The SMILES string of the molecule is [Na+].[O-]c1nnnc2c1sc1nc(-c3ccccc3)ccc12. The molecule has 7 heteroatoms. The van der Waals surface area contributed by atoms with Crippen molar-refractivity contribution in [2.75, 3.05) is 0 Å². The second kappa shape index (κ2) is 5.65. The number of nitrogens with zero attached hydrogens (tertiary/aromatic N) is 4. The van der Waals surface area contributed by atoms with Gasteiger partial charge in [-0.15, -0.1) is 21.5 Å². The molecule has 5 nitrogen and oxygen atoms in total. The van der Waals surface area contributed by atoms with Crippen LogP contribution < -0.4 is 34.7 Å². The van der Waals surface area contributed by atoms with Gasteiger partial charge in [0.05, 0.1) is 10.4 Å². The summed E-state index contributed by atoms with van der Waals surface area (Å²) in [6.45, 7) is 0. The van der Waals surface area contributed by atoms with E-state index < -0.39 is 0 Å². The molecular formula is C14H7N4NaOS. The average Bonchev–Trinajstić information content (AvgIpc) is 2.87. The fourth-order valence-electron chi connectivity index (χ4n) is 2.13. The number of aromatic nitrogens is 4. The molecule has 3 heterocycles. The zero-order valence-electron chi connectivity index (χ0n) is 11.1. The number of hydrogen-bond donors (Lipinski definition) is 0. The zero-order valence-corrected chi connectivity index (χ0v) is 14.0. The van der Waals surface area contributed by atoms with Crippen LogP contribution >= 0.6 is 11.3 Å². The fourth-order valence-corrected chi connectivity index (χ4v) is 3.12. The van der Waals surface area contributed by atoms with Crippen LogP contribution in [0.15, 0.2) is 42.5 Å². The molecule has 4 aromatic rings. The molecule has 0 aliphatic heterocycles. The van der Waals surface area contributed by atoms with Crippen molar-refractivity contribution in [3.8, 4) is 17.1 Å². The summed E-state index contributed by atoms with van der Waals surface area (Å²) in [6.07, 6.45) is 0. The van der Waals surface area contributed by atoms with Crippen LogP contribution in [0.5, 0.6) is 5.88 Å². The number of rotatable bonds is 1. The topological polar surface area (TPSA) is 74.6 Å². The molecule has 21 heavy (non-hydrogen) atoms. The molecule has 0 aliphatic carbocycles. The van der Waals surface area contributed by atoms with Crippen LogP contribution in [0.4, 0.5) is 0 Å². The molecule has 1 aromatic carbocycles. The van der Waals surface area contributed by atoms with Gasteiger partial charge < -0.3 is 5.11 Å². The molecule has 0 saturated carbocycles. The van der Waals surface area contributed by atoms with Crippen LogP contribution in [0.3, 0.4) is 0 Å². The smallest absolute Gasteiger partial charge is 0.856 e. The van der Waals surface area contributed by atoms with Crippen molar-refractivity contribution in [3.05, 3.63) is 42.5 Å². The van der Waals surface area contributed by atoms with Gasteiger partial charge in [-0.1, -0.05) is 30.3 Å². The van der Waals surface area contributed by atoms with E-state index in [-0.39, 0.29) is 35.4 Å². The van der Waals surface area contributed by atoms with Gasteiger partial charge in [-0.25, -0.2) is 4.98 Å². The van der Waals surface area contributed by atoms with Crippen LogP contribution in [0.1, 0.15) is 0 Å². The van der Waals surface area contributed by atoms with E-state index >= 15 is 0 Å². The molecule has 0 fully saturated rings. The molecule has 0 radical (unpaired) electrons. The summed E-state index contributed by atoms with van der Waals surface area (Å²) in [5.74, 6) is -0.348. The Morgan fingerprint density at radius 1 is 0.952 bits per heavy atom. The summed E-state index contributed by atoms with van der Waals surface area (Å²) >= 11 is 1.31. The number of pyridine rings is 1. The Labute approximate surface area is 146 Å². The maximum Gasteiger partial charge on any atom is 1.00 e. The summed E-state index contributed by atoms with van der Waals surface area (Å²) in [4.78, 5) is 5.39. The largest absolute Gasteiger partial charge is 1.00 e.